The molecule has 0 aliphatic carbocycles. The summed E-state index contributed by atoms with van der Waals surface area (Å²) in [7, 11) is 0. The highest BCUT2D eigenvalue weighted by atomic mass is 16.5. The Morgan fingerprint density at radius 1 is 0.808 bits per heavy atom. The third kappa shape index (κ3) is 12.7. The summed E-state index contributed by atoms with van der Waals surface area (Å²) in [5.41, 5.74) is -0.0120. The van der Waals surface area contributed by atoms with Gasteiger partial charge in [-0.1, -0.05) is 55.5 Å². The lowest BCUT2D eigenvalue weighted by Gasteiger charge is -2.07. The monoisotopic (exact) mass is 357 g/mol. The van der Waals surface area contributed by atoms with E-state index in [1.165, 1.54) is 25.7 Å². The molecule has 0 spiro atoms. The molecule has 0 unspecified atom stereocenters. The number of hydrogen-bond acceptors (Lipinski definition) is 2. The third-order valence-corrected chi connectivity index (χ3v) is 4.22. The van der Waals surface area contributed by atoms with Gasteiger partial charge in [0, 0.05) is 6.42 Å². The first-order valence-electron chi connectivity index (χ1n) is 10.5. The van der Waals surface area contributed by atoms with Crippen LogP contribution in [0.2, 0.25) is 0 Å². The highest BCUT2D eigenvalue weighted by Crippen LogP contribution is 2.19. The fourth-order valence-electron chi connectivity index (χ4n) is 2.75. The molecule has 2 nitrogen and oxygen atoms in total. The van der Waals surface area contributed by atoms with E-state index in [9.17, 15) is 0 Å². The molecule has 0 saturated carbocycles. The molecule has 146 valence electrons. The Labute approximate surface area is 161 Å². The molecule has 0 radical (unpaired) electrons. The highest BCUT2D eigenvalue weighted by Gasteiger charge is 2.25. The predicted octanol–water partition coefficient (Wildman–Crippen LogP) is 7.34. The van der Waals surface area contributed by atoms with Crippen LogP contribution in [0.15, 0.2) is 53.6 Å². The van der Waals surface area contributed by atoms with E-state index in [0.717, 1.165) is 51.0 Å². The number of hydrogen-bond donors (Lipinski definition) is 0. The molecule has 0 N–H and O–H groups in total. The van der Waals surface area contributed by atoms with Crippen molar-refractivity contribution >= 4 is 5.90 Å². The fraction of sp³-hybridized carbons (Fsp3) is 0.625. The van der Waals surface area contributed by atoms with Crippen LogP contribution in [0.3, 0.4) is 0 Å². The molecule has 0 aromatic heterocycles. The maximum atomic E-state index is 5.61. The SMILES string of the molecule is CC/C=C/C/C=C/C/C=C/CCCC/C=C/CCCC1=NC(C)(C)CO1. The molecule has 1 aliphatic rings. The number of aliphatic imine (C=N–C) groups is 1. The molecule has 0 bridgehead atoms. The normalized spacial score (nSPS) is 17.1. The van der Waals surface area contributed by atoms with Gasteiger partial charge < -0.3 is 4.74 Å². The van der Waals surface area contributed by atoms with Crippen molar-refractivity contribution in [3.05, 3.63) is 48.6 Å². The summed E-state index contributed by atoms with van der Waals surface area (Å²) in [4.78, 5) is 4.59. The van der Waals surface area contributed by atoms with Crippen LogP contribution < -0.4 is 0 Å². The maximum Gasteiger partial charge on any atom is 0.183 e. The zero-order valence-electron chi connectivity index (χ0n) is 17.3. The standard InChI is InChI=1S/C24H39NO/c1-4-5-6-7-8-9-10-11-12-13-14-15-16-17-18-19-20-21-23-25-24(2,3)22-26-23/h5-6,8-9,11-12,17-18H,4,7,10,13-16,19-22H2,1-3H3/b6-5+,9-8+,12-11+,18-17+. The maximum absolute atomic E-state index is 5.61. The summed E-state index contributed by atoms with van der Waals surface area (Å²) < 4.78 is 5.61. The molecule has 0 aromatic rings. The summed E-state index contributed by atoms with van der Waals surface area (Å²) in [6.45, 7) is 7.15. The molecule has 1 aliphatic heterocycles. The molecule has 0 aromatic carbocycles. The van der Waals surface area contributed by atoms with Crippen molar-refractivity contribution < 1.29 is 4.74 Å². The smallest absolute Gasteiger partial charge is 0.183 e. The molecule has 1 heterocycles. The van der Waals surface area contributed by atoms with E-state index >= 15 is 0 Å². The second-order valence-corrected chi connectivity index (χ2v) is 7.55. The minimum absolute atomic E-state index is 0.0120. The first kappa shape index (κ1) is 22.5. The van der Waals surface area contributed by atoms with Crippen molar-refractivity contribution in [2.45, 2.75) is 90.5 Å². The van der Waals surface area contributed by atoms with Gasteiger partial charge in [0.25, 0.3) is 0 Å². The summed E-state index contributed by atoms with van der Waals surface area (Å²) >= 11 is 0. The Kier molecular flexibility index (Phi) is 12.6. The van der Waals surface area contributed by atoms with Crippen molar-refractivity contribution in [3.8, 4) is 0 Å². The number of allylic oxidation sites excluding steroid dienone is 8. The fourth-order valence-corrected chi connectivity index (χ4v) is 2.75. The summed E-state index contributed by atoms with van der Waals surface area (Å²) in [5, 5.41) is 0. The van der Waals surface area contributed by atoms with Gasteiger partial charge in [0.1, 0.15) is 6.61 Å². The Bertz CT molecular complexity index is 494. The lowest BCUT2D eigenvalue weighted by atomic mass is 10.1. The summed E-state index contributed by atoms with van der Waals surface area (Å²) in [6, 6.07) is 0. The first-order valence-corrected chi connectivity index (χ1v) is 10.5. The largest absolute Gasteiger partial charge is 0.478 e. The molecule has 2 heteroatoms. The van der Waals surface area contributed by atoms with Crippen LogP contribution in [0, 0.1) is 0 Å². The van der Waals surface area contributed by atoms with Crippen molar-refractivity contribution in [1.82, 2.24) is 0 Å². The predicted molar refractivity (Wildman–Crippen MR) is 116 cm³/mol. The van der Waals surface area contributed by atoms with Crippen LogP contribution in [0.4, 0.5) is 0 Å². The van der Waals surface area contributed by atoms with E-state index in [1.54, 1.807) is 0 Å². The average molecular weight is 358 g/mol. The lowest BCUT2D eigenvalue weighted by molar-refractivity contribution is 0.273. The highest BCUT2D eigenvalue weighted by molar-refractivity contribution is 5.78. The molecule has 0 atom stereocenters. The van der Waals surface area contributed by atoms with Crippen LogP contribution in [0.25, 0.3) is 0 Å². The van der Waals surface area contributed by atoms with Gasteiger partial charge in [-0.2, -0.15) is 0 Å². The summed E-state index contributed by atoms with van der Waals surface area (Å²) in [5.74, 6) is 0.947. The van der Waals surface area contributed by atoms with E-state index in [4.69, 9.17) is 4.74 Å². The van der Waals surface area contributed by atoms with Crippen LogP contribution in [0.5, 0.6) is 0 Å². The van der Waals surface area contributed by atoms with Crippen molar-refractivity contribution in [2.75, 3.05) is 6.61 Å². The Morgan fingerprint density at radius 2 is 1.35 bits per heavy atom. The van der Waals surface area contributed by atoms with E-state index < -0.39 is 0 Å². The van der Waals surface area contributed by atoms with E-state index in [-0.39, 0.29) is 5.54 Å². The number of rotatable bonds is 14. The average Bonchev–Trinajstić information content (AvgIpc) is 2.96. The van der Waals surface area contributed by atoms with Crippen molar-refractivity contribution in [3.63, 3.8) is 0 Å². The van der Waals surface area contributed by atoms with Crippen LogP contribution >= 0.6 is 0 Å². The van der Waals surface area contributed by atoms with E-state index in [0.29, 0.717) is 0 Å². The first-order chi connectivity index (χ1) is 12.6. The number of unbranched alkanes of at least 4 members (excludes halogenated alkanes) is 4. The molecule has 0 fully saturated rings. The van der Waals surface area contributed by atoms with Crippen molar-refractivity contribution in [1.29, 1.82) is 0 Å². The lowest BCUT2D eigenvalue weighted by Crippen LogP contribution is -2.17. The Hall–Kier alpha value is -1.57. The molecule has 0 amide bonds. The molecule has 0 saturated heterocycles. The molecule has 26 heavy (non-hydrogen) atoms. The molecular formula is C24H39NO. The van der Waals surface area contributed by atoms with E-state index in [1.807, 2.05) is 0 Å². The van der Waals surface area contributed by atoms with Gasteiger partial charge in [0.15, 0.2) is 5.90 Å². The van der Waals surface area contributed by atoms with Gasteiger partial charge in [0.2, 0.25) is 0 Å². The minimum atomic E-state index is -0.0120. The van der Waals surface area contributed by atoms with Gasteiger partial charge in [-0.05, 0) is 71.6 Å². The van der Waals surface area contributed by atoms with Gasteiger partial charge >= 0.3 is 0 Å². The topological polar surface area (TPSA) is 21.6 Å². The molecular weight excluding hydrogens is 318 g/mol. The zero-order chi connectivity index (χ0) is 18.9. The number of nitrogens with zero attached hydrogens (tertiary/aromatic N) is 1. The minimum Gasteiger partial charge on any atom is -0.478 e. The van der Waals surface area contributed by atoms with E-state index in [2.05, 4.69) is 74.4 Å². The van der Waals surface area contributed by atoms with Crippen LogP contribution in [-0.2, 0) is 4.74 Å². The second-order valence-electron chi connectivity index (χ2n) is 7.55. The van der Waals surface area contributed by atoms with Gasteiger partial charge in [-0.3, -0.25) is 0 Å². The summed E-state index contributed by atoms with van der Waals surface area (Å²) in [6.07, 6.45) is 29.6. The van der Waals surface area contributed by atoms with Gasteiger partial charge in [-0.25, -0.2) is 4.99 Å². The third-order valence-electron chi connectivity index (χ3n) is 4.22. The van der Waals surface area contributed by atoms with Gasteiger partial charge in [0.05, 0.1) is 5.54 Å². The zero-order valence-corrected chi connectivity index (χ0v) is 17.3. The Morgan fingerprint density at radius 3 is 1.92 bits per heavy atom. The quantitative estimate of drug-likeness (QED) is 0.235. The molecule has 1 rings (SSSR count). The number of ether oxygens (including phenoxy) is 1. The van der Waals surface area contributed by atoms with Gasteiger partial charge in [-0.15, -0.1) is 0 Å². The van der Waals surface area contributed by atoms with Crippen LogP contribution in [-0.4, -0.2) is 18.0 Å². The van der Waals surface area contributed by atoms with Crippen LogP contribution in [0.1, 0.15) is 85.0 Å². The van der Waals surface area contributed by atoms with Crippen molar-refractivity contribution in [2.24, 2.45) is 4.99 Å². The second kappa shape index (κ2) is 14.6. The Balaban J connectivity index is 1.89.